The smallest absolute Gasteiger partial charge is 0.268 e. The standard InChI is InChI=1S/C20H21ClN2O4S/c1-23-18-11-15(21)7-4-14(18)10-19(23)20(24)22-17(12-27-2)13-5-8-16(9-6-13)28(3,25)26/h4-11,17H,12H2,1-3H3,(H,22,24). The van der Waals surface area contributed by atoms with Crippen molar-refractivity contribution in [3.63, 3.8) is 0 Å². The number of carbonyl (C=O) groups is 1. The summed E-state index contributed by atoms with van der Waals surface area (Å²) in [5, 5.41) is 4.47. The zero-order valence-corrected chi connectivity index (χ0v) is 17.3. The summed E-state index contributed by atoms with van der Waals surface area (Å²) < 4.78 is 30.3. The van der Waals surface area contributed by atoms with Gasteiger partial charge < -0.3 is 14.6 Å². The van der Waals surface area contributed by atoms with Crippen molar-refractivity contribution < 1.29 is 17.9 Å². The fourth-order valence-corrected chi connectivity index (χ4v) is 3.89. The van der Waals surface area contributed by atoms with Gasteiger partial charge in [0.15, 0.2) is 9.84 Å². The lowest BCUT2D eigenvalue weighted by molar-refractivity contribution is 0.0889. The molecule has 3 rings (SSSR count). The van der Waals surface area contributed by atoms with Gasteiger partial charge in [0, 0.05) is 36.3 Å². The fourth-order valence-electron chi connectivity index (χ4n) is 3.09. The number of aromatic nitrogens is 1. The van der Waals surface area contributed by atoms with Crippen LogP contribution in [-0.2, 0) is 21.6 Å². The second kappa shape index (κ2) is 7.95. The number of nitrogens with one attached hydrogen (secondary N) is 1. The number of amides is 1. The lowest BCUT2D eigenvalue weighted by Crippen LogP contribution is -2.32. The summed E-state index contributed by atoms with van der Waals surface area (Å²) in [6, 6.07) is 13.3. The van der Waals surface area contributed by atoms with Crippen molar-refractivity contribution in [1.29, 1.82) is 0 Å². The van der Waals surface area contributed by atoms with Crippen LogP contribution in [0.5, 0.6) is 0 Å². The summed E-state index contributed by atoms with van der Waals surface area (Å²) in [6.45, 7) is 0.250. The lowest BCUT2D eigenvalue weighted by Gasteiger charge is -2.19. The molecule has 0 radical (unpaired) electrons. The van der Waals surface area contributed by atoms with Gasteiger partial charge in [0.1, 0.15) is 5.69 Å². The molecule has 0 aliphatic heterocycles. The molecule has 0 spiro atoms. The van der Waals surface area contributed by atoms with E-state index >= 15 is 0 Å². The normalized spacial score (nSPS) is 12.9. The molecule has 1 aromatic heterocycles. The first-order valence-corrected chi connectivity index (χ1v) is 10.8. The van der Waals surface area contributed by atoms with E-state index in [-0.39, 0.29) is 17.4 Å². The molecule has 2 aromatic carbocycles. The van der Waals surface area contributed by atoms with Crippen LogP contribution in [0.2, 0.25) is 5.02 Å². The molecular weight excluding hydrogens is 400 g/mol. The Hall–Kier alpha value is -2.35. The highest BCUT2D eigenvalue weighted by Gasteiger charge is 2.20. The maximum Gasteiger partial charge on any atom is 0.268 e. The molecular formula is C20H21ClN2O4S. The number of rotatable bonds is 6. The Kier molecular flexibility index (Phi) is 5.79. The largest absolute Gasteiger partial charge is 0.382 e. The fraction of sp³-hybridized carbons (Fsp3) is 0.250. The van der Waals surface area contributed by atoms with E-state index < -0.39 is 15.9 Å². The van der Waals surface area contributed by atoms with E-state index in [1.807, 2.05) is 12.1 Å². The Balaban J connectivity index is 1.88. The number of hydrogen-bond acceptors (Lipinski definition) is 4. The van der Waals surface area contributed by atoms with Gasteiger partial charge in [-0.05, 0) is 35.9 Å². The van der Waals surface area contributed by atoms with Crippen molar-refractivity contribution in [1.82, 2.24) is 9.88 Å². The molecule has 0 aliphatic carbocycles. The minimum absolute atomic E-state index is 0.226. The van der Waals surface area contributed by atoms with Crippen LogP contribution in [0.3, 0.4) is 0 Å². The molecule has 0 fully saturated rings. The quantitative estimate of drug-likeness (QED) is 0.663. The van der Waals surface area contributed by atoms with E-state index in [1.165, 1.54) is 12.1 Å². The van der Waals surface area contributed by atoms with Gasteiger partial charge in [-0.2, -0.15) is 0 Å². The zero-order valence-electron chi connectivity index (χ0n) is 15.8. The molecule has 6 nitrogen and oxygen atoms in total. The van der Waals surface area contributed by atoms with Crippen molar-refractivity contribution in [3.05, 3.63) is 64.8 Å². The van der Waals surface area contributed by atoms with Crippen LogP contribution in [-0.4, -0.2) is 38.9 Å². The number of sulfone groups is 1. The Morgan fingerprint density at radius 2 is 1.86 bits per heavy atom. The predicted molar refractivity (Wildman–Crippen MR) is 110 cm³/mol. The maximum atomic E-state index is 12.9. The molecule has 3 aromatic rings. The molecule has 0 aliphatic rings. The molecule has 1 heterocycles. The van der Waals surface area contributed by atoms with Crippen LogP contribution >= 0.6 is 11.6 Å². The minimum atomic E-state index is -3.28. The summed E-state index contributed by atoms with van der Waals surface area (Å²) in [6.07, 6.45) is 1.16. The number of carbonyl (C=O) groups excluding carboxylic acids is 1. The number of methoxy groups -OCH3 is 1. The predicted octanol–water partition coefficient (Wildman–Crippen LogP) is 3.35. The van der Waals surface area contributed by atoms with Gasteiger partial charge in [-0.25, -0.2) is 8.42 Å². The van der Waals surface area contributed by atoms with E-state index in [1.54, 1.807) is 43.0 Å². The molecule has 1 N–H and O–H groups in total. The molecule has 8 heteroatoms. The van der Waals surface area contributed by atoms with Crippen LogP contribution in [0.1, 0.15) is 22.1 Å². The van der Waals surface area contributed by atoms with E-state index in [9.17, 15) is 13.2 Å². The van der Waals surface area contributed by atoms with E-state index in [4.69, 9.17) is 16.3 Å². The summed E-state index contributed by atoms with van der Waals surface area (Å²) >= 11 is 6.06. The third kappa shape index (κ3) is 4.22. The third-order valence-corrected chi connectivity index (χ3v) is 5.95. The van der Waals surface area contributed by atoms with Gasteiger partial charge in [0.25, 0.3) is 5.91 Å². The van der Waals surface area contributed by atoms with E-state index in [0.29, 0.717) is 10.7 Å². The van der Waals surface area contributed by atoms with Crippen LogP contribution in [0, 0.1) is 0 Å². The number of aryl methyl sites for hydroxylation is 1. The number of benzene rings is 2. The van der Waals surface area contributed by atoms with Crippen LogP contribution in [0.4, 0.5) is 0 Å². The highest BCUT2D eigenvalue weighted by atomic mass is 35.5. The first-order chi connectivity index (χ1) is 13.2. The molecule has 0 saturated heterocycles. The van der Waals surface area contributed by atoms with Crippen LogP contribution < -0.4 is 5.32 Å². The molecule has 1 amide bonds. The number of ether oxygens (including phenoxy) is 1. The molecule has 1 unspecified atom stereocenters. The monoisotopic (exact) mass is 420 g/mol. The molecule has 28 heavy (non-hydrogen) atoms. The molecule has 1 atom stereocenters. The lowest BCUT2D eigenvalue weighted by atomic mass is 10.1. The second-order valence-corrected chi connectivity index (χ2v) is 9.07. The molecule has 148 valence electrons. The van der Waals surface area contributed by atoms with Crippen molar-refractivity contribution in [2.75, 3.05) is 20.0 Å². The number of halogens is 1. The minimum Gasteiger partial charge on any atom is -0.382 e. The van der Waals surface area contributed by atoms with E-state index in [0.717, 1.165) is 22.7 Å². The van der Waals surface area contributed by atoms with Gasteiger partial charge in [0.05, 0.1) is 17.5 Å². The summed E-state index contributed by atoms with van der Waals surface area (Å²) in [4.78, 5) is 13.1. The Morgan fingerprint density at radius 3 is 2.46 bits per heavy atom. The van der Waals surface area contributed by atoms with Crippen molar-refractivity contribution in [3.8, 4) is 0 Å². The van der Waals surface area contributed by atoms with Gasteiger partial charge in [-0.1, -0.05) is 29.8 Å². The average molecular weight is 421 g/mol. The Bertz CT molecular complexity index is 1120. The van der Waals surface area contributed by atoms with Gasteiger partial charge in [-0.15, -0.1) is 0 Å². The van der Waals surface area contributed by atoms with Crippen molar-refractivity contribution in [2.45, 2.75) is 10.9 Å². The molecule has 0 saturated carbocycles. The van der Waals surface area contributed by atoms with E-state index in [2.05, 4.69) is 5.32 Å². The van der Waals surface area contributed by atoms with Crippen molar-refractivity contribution in [2.24, 2.45) is 7.05 Å². The number of hydrogen-bond donors (Lipinski definition) is 1. The van der Waals surface area contributed by atoms with Crippen LogP contribution in [0.15, 0.2) is 53.4 Å². The number of nitrogens with zero attached hydrogens (tertiary/aromatic N) is 1. The average Bonchev–Trinajstić information content (AvgIpc) is 2.97. The van der Waals surface area contributed by atoms with Gasteiger partial charge in [-0.3, -0.25) is 4.79 Å². The second-order valence-electron chi connectivity index (χ2n) is 6.61. The first-order valence-electron chi connectivity index (χ1n) is 8.55. The highest BCUT2D eigenvalue weighted by molar-refractivity contribution is 7.90. The third-order valence-electron chi connectivity index (χ3n) is 4.59. The Morgan fingerprint density at radius 1 is 1.18 bits per heavy atom. The Labute approximate surface area is 169 Å². The highest BCUT2D eigenvalue weighted by Crippen LogP contribution is 2.24. The summed E-state index contributed by atoms with van der Waals surface area (Å²) in [5.41, 5.74) is 2.11. The number of fused-ring (bicyclic) bond motifs is 1. The summed E-state index contributed by atoms with van der Waals surface area (Å²) in [7, 11) is 0.0695. The van der Waals surface area contributed by atoms with Gasteiger partial charge in [0.2, 0.25) is 0 Å². The molecule has 0 bridgehead atoms. The van der Waals surface area contributed by atoms with Crippen LogP contribution in [0.25, 0.3) is 10.9 Å². The van der Waals surface area contributed by atoms with Gasteiger partial charge >= 0.3 is 0 Å². The first kappa shape index (κ1) is 20.4. The maximum absolute atomic E-state index is 12.9. The van der Waals surface area contributed by atoms with Crippen molar-refractivity contribution >= 4 is 38.2 Å². The summed E-state index contributed by atoms with van der Waals surface area (Å²) in [5.74, 6) is -0.260. The SMILES string of the molecule is COCC(NC(=O)c1cc2ccc(Cl)cc2n1C)c1ccc(S(C)(=O)=O)cc1. The topological polar surface area (TPSA) is 77.4 Å². The zero-order chi connectivity index (χ0) is 20.5.